The second-order valence-corrected chi connectivity index (χ2v) is 17.3. The molecule has 0 radical (unpaired) electrons. The van der Waals surface area contributed by atoms with E-state index < -0.39 is 7.32 Å². The maximum absolute atomic E-state index is 8.81. The molecule has 0 amide bonds. The van der Waals surface area contributed by atoms with Crippen molar-refractivity contribution in [3.8, 4) is 0 Å². The summed E-state index contributed by atoms with van der Waals surface area (Å²) in [5, 5.41) is 26.1. The molecule has 0 saturated heterocycles. The van der Waals surface area contributed by atoms with Gasteiger partial charge in [-0.2, -0.15) is 0 Å². The minimum atomic E-state index is -2.67. The van der Waals surface area contributed by atoms with E-state index in [2.05, 4.69) is 87.9 Å². The first-order valence-corrected chi connectivity index (χ1v) is 25.2. The lowest BCUT2D eigenvalue weighted by atomic mass is 10.1. The van der Waals surface area contributed by atoms with Crippen LogP contribution in [0.3, 0.4) is 0 Å². The summed E-state index contributed by atoms with van der Waals surface area (Å²) in [5.74, 6) is 0. The molecule has 0 rings (SSSR count). The topological polar surface area (TPSA) is 78.4 Å². The van der Waals surface area contributed by atoms with Crippen molar-refractivity contribution in [2.75, 3.05) is 78.5 Å². The summed E-state index contributed by atoms with van der Waals surface area (Å²) < 4.78 is 4.26. The van der Waals surface area contributed by atoms with Crippen molar-refractivity contribution in [2.24, 2.45) is 0 Å². The zero-order valence-electron chi connectivity index (χ0n) is 41.0. The van der Waals surface area contributed by atoms with Gasteiger partial charge in [-0.1, -0.05) is 160 Å². The van der Waals surface area contributed by atoms with Gasteiger partial charge in [0.05, 0.1) is 78.5 Å². The molecule has 0 aromatic rings. The van der Waals surface area contributed by atoms with Gasteiger partial charge in [-0.3, -0.25) is 0 Å². The molecule has 0 spiro atoms. The van der Waals surface area contributed by atoms with Gasteiger partial charge in [-0.05, 0) is 77.0 Å². The molecule has 0 aromatic heterocycles. The van der Waals surface area contributed by atoms with E-state index in [1.165, 1.54) is 246 Å². The van der Waals surface area contributed by atoms with Crippen LogP contribution in [0, 0.1) is 0 Å². The first-order chi connectivity index (χ1) is 27.0. The van der Waals surface area contributed by atoms with Crippen LogP contribution in [0.4, 0.5) is 0 Å². The van der Waals surface area contributed by atoms with Crippen molar-refractivity contribution in [1.82, 2.24) is 0 Å². The Morgan fingerprint density at radius 3 is 0.411 bits per heavy atom. The highest BCUT2D eigenvalue weighted by Gasteiger charge is 2.26. The molecule has 0 atom stereocenters. The van der Waals surface area contributed by atoms with Crippen LogP contribution in [0.25, 0.3) is 0 Å². The number of unbranched alkanes of at least 4 members (excludes halogenated alkanes) is 12. The Bertz CT molecular complexity index is 518. The van der Waals surface area contributed by atoms with Gasteiger partial charge in [-0.25, -0.2) is 0 Å². The van der Waals surface area contributed by atoms with Gasteiger partial charge in [0.25, 0.3) is 0 Å². The van der Waals surface area contributed by atoms with E-state index in [1.807, 2.05) is 0 Å². The quantitative estimate of drug-likeness (QED) is 0.0271. The molecule has 0 bridgehead atoms. The number of hydrogen-bond donors (Lipinski definition) is 0. The van der Waals surface area contributed by atoms with Crippen molar-refractivity contribution < 1.29 is 33.6 Å². The molecule has 0 aliphatic carbocycles. The molecule has 0 N–H and O–H groups in total. The normalized spacial score (nSPS) is 11.6. The molecule has 0 unspecified atom stereocenters. The molecule has 0 aliphatic heterocycles. The van der Waals surface area contributed by atoms with Gasteiger partial charge in [0.15, 0.2) is 0 Å². The fraction of sp³-hybridized carbons (Fsp3) is 1.00. The second-order valence-electron chi connectivity index (χ2n) is 17.3. The standard InChI is InChI=1S/3C16H36N.BHO4/c3*1-5-9-13-17(14-10-6-2,15-11-7-3)16-12-8-4;2-1(3)5-4/h3*5-16H2,1-4H3;4H/q3*+1;-2/p-1. The molecule has 342 valence electrons. The van der Waals surface area contributed by atoms with Gasteiger partial charge >= 0.3 is 0 Å². The van der Waals surface area contributed by atoms with E-state index in [4.69, 9.17) is 15.3 Å². The summed E-state index contributed by atoms with van der Waals surface area (Å²) in [6.45, 7) is 45.1. The van der Waals surface area contributed by atoms with Crippen LogP contribution in [0.1, 0.15) is 237 Å². The first kappa shape index (κ1) is 62.4. The second kappa shape index (κ2) is 47.5. The summed E-state index contributed by atoms with van der Waals surface area (Å²) in [6.07, 6.45) is 33.2. The van der Waals surface area contributed by atoms with E-state index in [0.29, 0.717) is 0 Å². The third-order valence-corrected chi connectivity index (χ3v) is 11.9. The smallest absolute Gasteiger partial charge is 0.0786 e. The predicted octanol–water partition coefficient (Wildman–Crippen LogP) is 11.0. The number of quaternary nitrogens is 3. The minimum absolute atomic E-state index is 1.35. The van der Waals surface area contributed by atoms with Gasteiger partial charge in [0, 0.05) is 7.32 Å². The Balaban J connectivity index is -0.000000340. The Labute approximate surface area is 355 Å². The van der Waals surface area contributed by atoms with Crippen LogP contribution in [0.15, 0.2) is 0 Å². The van der Waals surface area contributed by atoms with Crippen molar-refractivity contribution >= 4 is 7.32 Å². The molecule has 0 fully saturated rings. The van der Waals surface area contributed by atoms with Crippen LogP contribution >= 0.6 is 0 Å². The van der Waals surface area contributed by atoms with Gasteiger partial charge in [0.2, 0.25) is 0 Å². The highest BCUT2D eigenvalue weighted by molar-refractivity contribution is 6.27. The highest BCUT2D eigenvalue weighted by atomic mass is 17.1. The van der Waals surface area contributed by atoms with Gasteiger partial charge in [0.1, 0.15) is 0 Å². The summed E-state index contributed by atoms with van der Waals surface area (Å²) in [6, 6.07) is 0. The Hall–Kier alpha value is -0.215. The summed E-state index contributed by atoms with van der Waals surface area (Å²) >= 11 is 0. The molecule has 0 aliphatic rings. The van der Waals surface area contributed by atoms with Crippen LogP contribution in [-0.2, 0) is 4.81 Å². The van der Waals surface area contributed by atoms with Crippen molar-refractivity contribution in [2.45, 2.75) is 237 Å². The maximum Gasteiger partial charge on any atom is 0.0786 e. The van der Waals surface area contributed by atoms with E-state index in [1.54, 1.807) is 0 Å². The third-order valence-electron chi connectivity index (χ3n) is 11.9. The summed E-state index contributed by atoms with van der Waals surface area (Å²) in [5.41, 5.74) is 0. The average Bonchev–Trinajstić information content (AvgIpc) is 3.22. The summed E-state index contributed by atoms with van der Waals surface area (Å²) in [4.78, 5) is 2.39. The lowest BCUT2D eigenvalue weighted by molar-refractivity contribution is -0.929. The monoisotopic (exact) mass is 802 g/mol. The Morgan fingerprint density at radius 2 is 0.357 bits per heavy atom. The van der Waals surface area contributed by atoms with Crippen molar-refractivity contribution in [1.29, 1.82) is 0 Å². The average molecular weight is 802 g/mol. The molecule has 8 heteroatoms. The molecular weight excluding hydrogens is 693 g/mol. The fourth-order valence-electron chi connectivity index (χ4n) is 7.93. The van der Waals surface area contributed by atoms with Crippen LogP contribution < -0.4 is 15.3 Å². The Kier molecular flexibility index (Phi) is 52.9. The zero-order chi connectivity index (χ0) is 43.2. The largest absolute Gasteiger partial charge is 0.871 e. The molecular formula is C48H108BN3O4. The fourth-order valence-corrected chi connectivity index (χ4v) is 7.93. The Morgan fingerprint density at radius 1 is 0.268 bits per heavy atom. The van der Waals surface area contributed by atoms with Crippen molar-refractivity contribution in [3.05, 3.63) is 0 Å². The molecule has 7 nitrogen and oxygen atoms in total. The lowest BCUT2D eigenvalue weighted by Crippen LogP contribution is -2.50. The van der Waals surface area contributed by atoms with E-state index in [9.17, 15) is 0 Å². The molecule has 0 saturated carbocycles. The summed E-state index contributed by atoms with van der Waals surface area (Å²) in [7, 11) is -2.67. The van der Waals surface area contributed by atoms with Crippen LogP contribution in [0.5, 0.6) is 0 Å². The lowest BCUT2D eigenvalue weighted by Gasteiger charge is -2.39. The van der Waals surface area contributed by atoms with Crippen LogP contribution in [0.2, 0.25) is 0 Å². The van der Waals surface area contributed by atoms with E-state index in [0.717, 1.165) is 0 Å². The van der Waals surface area contributed by atoms with E-state index >= 15 is 0 Å². The molecule has 56 heavy (non-hydrogen) atoms. The van der Waals surface area contributed by atoms with Crippen molar-refractivity contribution in [3.63, 3.8) is 0 Å². The van der Waals surface area contributed by atoms with E-state index in [-0.39, 0.29) is 0 Å². The molecule has 0 heterocycles. The minimum Gasteiger partial charge on any atom is -0.871 e. The number of nitrogens with zero attached hydrogens (tertiary/aromatic N) is 3. The van der Waals surface area contributed by atoms with Gasteiger partial charge < -0.3 is 33.6 Å². The van der Waals surface area contributed by atoms with Crippen LogP contribution in [-0.4, -0.2) is 99.3 Å². The first-order valence-electron chi connectivity index (χ1n) is 25.2. The SMILES string of the molecule is CCCC[N+](CCCC)(CCCC)CCCC.CCCC[N+](CCCC)(CCCC)CCCC.CCCC[N+](CCCC)(CCCC)CCCC.[O-]OB([O-])[O-]. The predicted molar refractivity (Wildman–Crippen MR) is 245 cm³/mol. The number of rotatable bonds is 37. The molecule has 0 aromatic carbocycles. The zero-order valence-corrected chi connectivity index (χ0v) is 41.0. The third kappa shape index (κ3) is 39.3. The van der Waals surface area contributed by atoms with Gasteiger partial charge in [-0.15, -0.1) is 0 Å². The number of hydrogen-bond acceptors (Lipinski definition) is 4. The highest BCUT2D eigenvalue weighted by Crippen LogP contribution is 2.19. The maximum atomic E-state index is 8.81.